The number of anilines is 1. The number of hydrogen-bond acceptors (Lipinski definition) is 5. The van der Waals surface area contributed by atoms with Gasteiger partial charge < -0.3 is 11.1 Å². The van der Waals surface area contributed by atoms with E-state index in [0.29, 0.717) is 5.69 Å². The van der Waals surface area contributed by atoms with Gasteiger partial charge in [-0.3, -0.25) is 15.1 Å². The molecule has 4 N–H and O–H groups in total. The van der Waals surface area contributed by atoms with Gasteiger partial charge in [0.05, 0.1) is 17.6 Å². The molecule has 1 heterocycles. The van der Waals surface area contributed by atoms with Crippen LogP contribution in [0, 0.1) is 0 Å². The fraction of sp³-hybridized carbons (Fsp3) is 0.462. The molecule has 0 aromatic carbocycles. The Hall–Kier alpha value is -1.76. The summed E-state index contributed by atoms with van der Waals surface area (Å²) in [4.78, 5) is 27.9. The largest absolute Gasteiger partial charge is 0.397 e. The van der Waals surface area contributed by atoms with Crippen LogP contribution in [-0.4, -0.2) is 28.7 Å². The van der Waals surface area contributed by atoms with E-state index in [4.69, 9.17) is 5.73 Å². The van der Waals surface area contributed by atoms with Gasteiger partial charge in [0.25, 0.3) is 0 Å². The van der Waals surface area contributed by atoms with E-state index in [2.05, 4.69) is 15.6 Å². The van der Waals surface area contributed by atoms with Crippen LogP contribution in [0.4, 0.5) is 10.5 Å². The average Bonchev–Trinajstić information content (AvgIpc) is 2.90. The molecule has 1 aliphatic carbocycles. The highest BCUT2D eigenvalue weighted by Crippen LogP contribution is 2.23. The van der Waals surface area contributed by atoms with Crippen molar-refractivity contribution in [3.05, 3.63) is 18.5 Å². The molecule has 2 rings (SSSR count). The zero-order valence-corrected chi connectivity index (χ0v) is 11.9. The van der Waals surface area contributed by atoms with Crippen LogP contribution in [0.15, 0.2) is 23.4 Å². The number of thioether (sulfide) groups is 1. The van der Waals surface area contributed by atoms with Crippen molar-refractivity contribution in [2.24, 2.45) is 0 Å². The second-order valence-corrected chi connectivity index (χ2v) is 5.72. The first-order valence-electron chi connectivity index (χ1n) is 6.58. The van der Waals surface area contributed by atoms with Gasteiger partial charge in [-0.05, 0) is 18.9 Å². The quantitative estimate of drug-likeness (QED) is 0.732. The minimum Gasteiger partial charge on any atom is -0.397 e. The minimum absolute atomic E-state index is 0.145. The molecule has 7 heteroatoms. The van der Waals surface area contributed by atoms with E-state index in [9.17, 15) is 9.59 Å². The zero-order valence-electron chi connectivity index (χ0n) is 11.1. The highest BCUT2D eigenvalue weighted by Gasteiger charge is 2.18. The second-order valence-electron chi connectivity index (χ2n) is 4.71. The van der Waals surface area contributed by atoms with Gasteiger partial charge in [0.15, 0.2) is 0 Å². The van der Waals surface area contributed by atoms with E-state index < -0.39 is 6.03 Å². The number of nitrogens with one attached hydrogen (secondary N) is 2. The number of amides is 3. The zero-order chi connectivity index (χ0) is 14.4. The van der Waals surface area contributed by atoms with E-state index in [-0.39, 0.29) is 17.7 Å². The predicted molar refractivity (Wildman–Crippen MR) is 78.3 cm³/mol. The third kappa shape index (κ3) is 4.41. The maximum absolute atomic E-state index is 11.7. The van der Waals surface area contributed by atoms with Crippen LogP contribution in [0.5, 0.6) is 0 Å². The van der Waals surface area contributed by atoms with Gasteiger partial charge in [0.1, 0.15) is 0 Å². The number of pyridine rings is 1. The van der Waals surface area contributed by atoms with E-state index in [1.165, 1.54) is 18.0 Å². The molecule has 0 bridgehead atoms. The van der Waals surface area contributed by atoms with Crippen molar-refractivity contribution in [1.29, 1.82) is 0 Å². The van der Waals surface area contributed by atoms with Gasteiger partial charge in [-0.1, -0.05) is 12.8 Å². The molecule has 1 aliphatic rings. The number of carbonyl (C=O) groups is 2. The lowest BCUT2D eigenvalue weighted by molar-refractivity contribution is -0.117. The van der Waals surface area contributed by atoms with Gasteiger partial charge in [0, 0.05) is 17.1 Å². The molecule has 1 fully saturated rings. The third-order valence-corrected chi connectivity index (χ3v) is 4.20. The van der Waals surface area contributed by atoms with Crippen molar-refractivity contribution in [2.45, 2.75) is 36.6 Å². The summed E-state index contributed by atoms with van der Waals surface area (Å²) in [6.45, 7) is 0. The molecular formula is C13H18N4O2S. The number of imide groups is 1. The van der Waals surface area contributed by atoms with Crippen molar-refractivity contribution < 1.29 is 9.59 Å². The van der Waals surface area contributed by atoms with Crippen LogP contribution in [-0.2, 0) is 4.79 Å². The van der Waals surface area contributed by atoms with Gasteiger partial charge in [-0.25, -0.2) is 4.79 Å². The SMILES string of the molecule is Nc1cnccc1SCC(=O)NC(=O)NC1CCCC1. The summed E-state index contributed by atoms with van der Waals surface area (Å²) in [6.07, 6.45) is 7.40. The first kappa shape index (κ1) is 14.6. The number of urea groups is 1. The summed E-state index contributed by atoms with van der Waals surface area (Å²) >= 11 is 1.28. The molecule has 0 radical (unpaired) electrons. The van der Waals surface area contributed by atoms with Crippen LogP contribution in [0.3, 0.4) is 0 Å². The van der Waals surface area contributed by atoms with Crippen molar-refractivity contribution in [3.8, 4) is 0 Å². The predicted octanol–water partition coefficient (Wildman–Crippen LogP) is 1.52. The van der Waals surface area contributed by atoms with Crippen LogP contribution < -0.4 is 16.4 Å². The Bertz CT molecular complexity index is 489. The van der Waals surface area contributed by atoms with Crippen molar-refractivity contribution in [1.82, 2.24) is 15.6 Å². The summed E-state index contributed by atoms with van der Waals surface area (Å²) in [7, 11) is 0. The molecule has 6 nitrogen and oxygen atoms in total. The van der Waals surface area contributed by atoms with Crippen LogP contribution >= 0.6 is 11.8 Å². The molecule has 0 spiro atoms. The molecule has 20 heavy (non-hydrogen) atoms. The third-order valence-electron chi connectivity index (χ3n) is 3.11. The Morgan fingerprint density at radius 3 is 2.85 bits per heavy atom. The molecule has 0 saturated heterocycles. The highest BCUT2D eigenvalue weighted by molar-refractivity contribution is 8.00. The molecule has 3 amide bonds. The Morgan fingerprint density at radius 1 is 1.40 bits per heavy atom. The molecule has 0 atom stereocenters. The van der Waals surface area contributed by atoms with Crippen molar-refractivity contribution in [2.75, 3.05) is 11.5 Å². The van der Waals surface area contributed by atoms with E-state index in [1.54, 1.807) is 12.3 Å². The summed E-state index contributed by atoms with van der Waals surface area (Å²) in [6, 6.07) is 1.53. The summed E-state index contributed by atoms with van der Waals surface area (Å²) in [5.41, 5.74) is 6.25. The summed E-state index contributed by atoms with van der Waals surface area (Å²) < 4.78 is 0. The highest BCUT2D eigenvalue weighted by atomic mass is 32.2. The Morgan fingerprint density at radius 2 is 2.15 bits per heavy atom. The number of nitrogens with zero attached hydrogens (tertiary/aromatic N) is 1. The second kappa shape index (κ2) is 7.14. The molecule has 0 unspecified atom stereocenters. The normalized spacial score (nSPS) is 15.0. The van der Waals surface area contributed by atoms with Crippen molar-refractivity contribution in [3.63, 3.8) is 0 Å². The Labute approximate surface area is 121 Å². The smallest absolute Gasteiger partial charge is 0.321 e. The van der Waals surface area contributed by atoms with Crippen LogP contribution in [0.25, 0.3) is 0 Å². The maximum atomic E-state index is 11.7. The van der Waals surface area contributed by atoms with E-state index >= 15 is 0 Å². The van der Waals surface area contributed by atoms with Crippen LogP contribution in [0.1, 0.15) is 25.7 Å². The van der Waals surface area contributed by atoms with Gasteiger partial charge >= 0.3 is 6.03 Å². The van der Waals surface area contributed by atoms with Crippen molar-refractivity contribution >= 4 is 29.4 Å². The number of aromatic nitrogens is 1. The molecule has 0 aliphatic heterocycles. The van der Waals surface area contributed by atoms with Gasteiger partial charge in [-0.2, -0.15) is 0 Å². The lowest BCUT2D eigenvalue weighted by Gasteiger charge is -2.12. The molecule has 1 aromatic rings. The summed E-state index contributed by atoms with van der Waals surface area (Å²) in [5, 5.41) is 5.13. The topological polar surface area (TPSA) is 97.1 Å². The fourth-order valence-electron chi connectivity index (χ4n) is 2.12. The number of carbonyl (C=O) groups excluding carboxylic acids is 2. The first-order valence-corrected chi connectivity index (χ1v) is 7.56. The number of rotatable bonds is 4. The minimum atomic E-state index is -0.412. The Balaban J connectivity index is 1.72. The van der Waals surface area contributed by atoms with E-state index in [0.717, 1.165) is 30.6 Å². The average molecular weight is 294 g/mol. The Kier molecular flexibility index (Phi) is 5.23. The van der Waals surface area contributed by atoms with Gasteiger partial charge in [0.2, 0.25) is 5.91 Å². The molecule has 108 valence electrons. The molecule has 1 saturated carbocycles. The first-order chi connectivity index (χ1) is 9.65. The maximum Gasteiger partial charge on any atom is 0.321 e. The standard InChI is InChI=1S/C13H18N4O2S/c14-10-7-15-6-5-11(10)20-8-12(18)17-13(19)16-9-3-1-2-4-9/h5-7,9H,1-4,8,14H2,(H2,16,17,18,19). The molecular weight excluding hydrogens is 276 g/mol. The number of nitrogen functional groups attached to an aromatic ring is 1. The number of nitrogens with two attached hydrogens (primary N) is 1. The lowest BCUT2D eigenvalue weighted by Crippen LogP contribution is -2.44. The van der Waals surface area contributed by atoms with E-state index in [1.807, 2.05) is 0 Å². The molecule has 1 aromatic heterocycles. The summed E-state index contributed by atoms with van der Waals surface area (Å²) in [5.74, 6) is -0.187. The van der Waals surface area contributed by atoms with Crippen LogP contribution in [0.2, 0.25) is 0 Å². The monoisotopic (exact) mass is 294 g/mol. The fourth-order valence-corrected chi connectivity index (χ4v) is 2.86. The lowest BCUT2D eigenvalue weighted by atomic mass is 10.2. The van der Waals surface area contributed by atoms with Gasteiger partial charge in [-0.15, -0.1) is 11.8 Å². The number of hydrogen-bond donors (Lipinski definition) is 3.